The normalized spacial score (nSPS) is 11.5. The standard InChI is InChI=1S/C24H21N5O2/c1-14(2)7-23(30)27-18-8-17(11-25-12-18)15-3-5-20-19(9-15)24(29-28-20)16-4-6-22-21(10-16)26-13-31-22/h3-6,8-14H,7H2,1-2H3,(H,27,30)(H,28,29). The molecule has 0 radical (unpaired) electrons. The second kappa shape index (κ2) is 7.68. The van der Waals surface area contributed by atoms with E-state index in [1.165, 1.54) is 6.39 Å². The van der Waals surface area contributed by atoms with E-state index < -0.39 is 0 Å². The first-order valence-electron chi connectivity index (χ1n) is 10.1. The van der Waals surface area contributed by atoms with Crippen LogP contribution in [0.2, 0.25) is 0 Å². The number of rotatable bonds is 5. The smallest absolute Gasteiger partial charge is 0.224 e. The molecular formula is C24H21N5O2. The SMILES string of the molecule is CC(C)CC(=O)Nc1cncc(-c2ccc3[nH]nc(-c4ccc5ocnc5c4)c3c2)c1. The fourth-order valence-corrected chi connectivity index (χ4v) is 3.67. The van der Waals surface area contributed by atoms with Gasteiger partial charge >= 0.3 is 0 Å². The quantitative estimate of drug-likeness (QED) is 0.403. The molecule has 0 aliphatic heterocycles. The van der Waals surface area contributed by atoms with Crippen molar-refractivity contribution in [1.82, 2.24) is 20.2 Å². The molecule has 0 unspecified atom stereocenters. The maximum absolute atomic E-state index is 12.1. The summed E-state index contributed by atoms with van der Waals surface area (Å²) in [5.74, 6) is 0.291. The largest absolute Gasteiger partial charge is 0.443 e. The fraction of sp³-hybridized carbons (Fsp3) is 0.167. The Labute approximate surface area is 178 Å². The molecule has 0 saturated carbocycles. The summed E-state index contributed by atoms with van der Waals surface area (Å²) < 4.78 is 5.34. The maximum Gasteiger partial charge on any atom is 0.224 e. The first kappa shape index (κ1) is 19.0. The summed E-state index contributed by atoms with van der Waals surface area (Å²) in [4.78, 5) is 20.7. The first-order valence-corrected chi connectivity index (χ1v) is 10.1. The molecule has 154 valence electrons. The van der Waals surface area contributed by atoms with E-state index in [4.69, 9.17) is 4.42 Å². The van der Waals surface area contributed by atoms with Crippen LogP contribution >= 0.6 is 0 Å². The average molecular weight is 411 g/mol. The van der Waals surface area contributed by atoms with Gasteiger partial charge in [0.05, 0.1) is 23.1 Å². The molecule has 31 heavy (non-hydrogen) atoms. The third kappa shape index (κ3) is 3.77. The Balaban J connectivity index is 1.51. The molecule has 7 heteroatoms. The van der Waals surface area contributed by atoms with Crippen molar-refractivity contribution >= 4 is 33.6 Å². The Morgan fingerprint density at radius 1 is 1.06 bits per heavy atom. The van der Waals surface area contributed by atoms with Gasteiger partial charge in [-0.1, -0.05) is 19.9 Å². The first-order chi connectivity index (χ1) is 15.1. The summed E-state index contributed by atoms with van der Waals surface area (Å²) in [7, 11) is 0. The number of hydrogen-bond donors (Lipinski definition) is 2. The number of benzene rings is 2. The van der Waals surface area contributed by atoms with Crippen LogP contribution in [0.1, 0.15) is 20.3 Å². The topological polar surface area (TPSA) is 96.7 Å². The van der Waals surface area contributed by atoms with Gasteiger partial charge in [0.1, 0.15) is 5.52 Å². The highest BCUT2D eigenvalue weighted by Crippen LogP contribution is 2.32. The number of carbonyl (C=O) groups excluding carboxylic acids is 1. The summed E-state index contributed by atoms with van der Waals surface area (Å²) in [6.07, 6.45) is 5.37. The number of oxazole rings is 1. The second-order valence-electron chi connectivity index (χ2n) is 7.98. The number of fused-ring (bicyclic) bond motifs is 2. The minimum Gasteiger partial charge on any atom is -0.443 e. The molecule has 0 atom stereocenters. The summed E-state index contributed by atoms with van der Waals surface area (Å²) in [6.45, 7) is 4.04. The molecule has 3 aromatic heterocycles. The molecule has 0 spiro atoms. The van der Waals surface area contributed by atoms with Crippen LogP contribution in [0, 0.1) is 5.92 Å². The van der Waals surface area contributed by atoms with Gasteiger partial charge in [-0.05, 0) is 47.9 Å². The molecule has 0 aliphatic rings. The average Bonchev–Trinajstić information content (AvgIpc) is 3.39. The van der Waals surface area contributed by atoms with E-state index in [-0.39, 0.29) is 5.91 Å². The van der Waals surface area contributed by atoms with Crippen LogP contribution in [0.3, 0.4) is 0 Å². The Hall–Kier alpha value is -4.00. The molecule has 5 rings (SSSR count). The number of carbonyl (C=O) groups is 1. The van der Waals surface area contributed by atoms with Crippen molar-refractivity contribution < 1.29 is 9.21 Å². The van der Waals surface area contributed by atoms with Crippen LogP contribution in [0.25, 0.3) is 44.4 Å². The van der Waals surface area contributed by atoms with Gasteiger partial charge in [-0.3, -0.25) is 14.9 Å². The van der Waals surface area contributed by atoms with Crippen LogP contribution in [0.15, 0.2) is 65.7 Å². The summed E-state index contributed by atoms with van der Waals surface area (Å²) in [5.41, 5.74) is 6.87. The molecule has 1 amide bonds. The number of hydrogen-bond acceptors (Lipinski definition) is 5. The lowest BCUT2D eigenvalue weighted by atomic mass is 10.0. The maximum atomic E-state index is 12.1. The van der Waals surface area contributed by atoms with E-state index in [1.54, 1.807) is 12.4 Å². The number of nitrogens with zero attached hydrogens (tertiary/aromatic N) is 3. The molecule has 2 N–H and O–H groups in total. The van der Waals surface area contributed by atoms with E-state index in [0.29, 0.717) is 18.0 Å². The van der Waals surface area contributed by atoms with Crippen molar-refractivity contribution in [2.75, 3.05) is 5.32 Å². The highest BCUT2D eigenvalue weighted by atomic mass is 16.3. The zero-order chi connectivity index (χ0) is 21.4. The van der Waals surface area contributed by atoms with Crippen molar-refractivity contribution in [2.45, 2.75) is 20.3 Å². The Bertz CT molecular complexity index is 1400. The van der Waals surface area contributed by atoms with Gasteiger partial charge in [-0.15, -0.1) is 0 Å². The van der Waals surface area contributed by atoms with Crippen molar-refractivity contribution in [2.24, 2.45) is 5.92 Å². The van der Waals surface area contributed by atoms with E-state index in [9.17, 15) is 4.79 Å². The van der Waals surface area contributed by atoms with E-state index in [0.717, 1.165) is 44.4 Å². The van der Waals surface area contributed by atoms with Crippen LogP contribution in [-0.2, 0) is 4.79 Å². The van der Waals surface area contributed by atoms with E-state index >= 15 is 0 Å². The molecule has 5 aromatic rings. The number of anilines is 1. The minimum atomic E-state index is -0.00947. The van der Waals surface area contributed by atoms with Crippen LogP contribution in [0.5, 0.6) is 0 Å². The zero-order valence-corrected chi connectivity index (χ0v) is 17.2. The lowest BCUT2D eigenvalue weighted by Gasteiger charge is -2.09. The number of H-pyrrole nitrogens is 1. The fourth-order valence-electron chi connectivity index (χ4n) is 3.67. The zero-order valence-electron chi connectivity index (χ0n) is 17.2. The van der Waals surface area contributed by atoms with Gasteiger partial charge in [-0.2, -0.15) is 5.10 Å². The van der Waals surface area contributed by atoms with Crippen LogP contribution < -0.4 is 5.32 Å². The van der Waals surface area contributed by atoms with Crippen molar-refractivity contribution in [1.29, 1.82) is 0 Å². The van der Waals surface area contributed by atoms with Crippen molar-refractivity contribution in [3.63, 3.8) is 0 Å². The Kier molecular flexibility index (Phi) is 4.71. The van der Waals surface area contributed by atoms with Crippen LogP contribution in [-0.4, -0.2) is 26.1 Å². The molecular weight excluding hydrogens is 390 g/mol. The number of nitrogens with one attached hydrogen (secondary N) is 2. The van der Waals surface area contributed by atoms with Crippen LogP contribution in [0.4, 0.5) is 5.69 Å². The summed E-state index contributed by atoms with van der Waals surface area (Å²) in [6, 6.07) is 13.9. The molecule has 0 saturated heterocycles. The third-order valence-electron chi connectivity index (χ3n) is 5.12. The number of aromatic amines is 1. The van der Waals surface area contributed by atoms with E-state index in [1.807, 2.05) is 50.2 Å². The molecule has 7 nitrogen and oxygen atoms in total. The van der Waals surface area contributed by atoms with Crippen molar-refractivity contribution in [3.05, 3.63) is 61.3 Å². The van der Waals surface area contributed by atoms with Gasteiger partial charge in [0.2, 0.25) is 5.91 Å². The van der Waals surface area contributed by atoms with Gasteiger partial charge in [0.25, 0.3) is 0 Å². The summed E-state index contributed by atoms with van der Waals surface area (Å²) in [5, 5.41) is 11.5. The second-order valence-corrected chi connectivity index (χ2v) is 7.98. The molecule has 3 heterocycles. The summed E-state index contributed by atoms with van der Waals surface area (Å²) >= 11 is 0. The predicted molar refractivity (Wildman–Crippen MR) is 120 cm³/mol. The lowest BCUT2D eigenvalue weighted by molar-refractivity contribution is -0.116. The highest BCUT2D eigenvalue weighted by Gasteiger charge is 2.12. The molecule has 0 aliphatic carbocycles. The molecule has 2 aromatic carbocycles. The number of amides is 1. The van der Waals surface area contributed by atoms with Gasteiger partial charge in [-0.25, -0.2) is 4.98 Å². The predicted octanol–water partition coefficient (Wildman–Crippen LogP) is 5.42. The highest BCUT2D eigenvalue weighted by molar-refractivity contribution is 5.97. The van der Waals surface area contributed by atoms with Crippen molar-refractivity contribution in [3.8, 4) is 22.4 Å². The minimum absolute atomic E-state index is 0.00947. The number of aromatic nitrogens is 4. The Morgan fingerprint density at radius 2 is 1.94 bits per heavy atom. The van der Waals surface area contributed by atoms with Gasteiger partial charge < -0.3 is 9.73 Å². The monoisotopic (exact) mass is 411 g/mol. The van der Waals surface area contributed by atoms with E-state index in [2.05, 4.69) is 31.5 Å². The van der Waals surface area contributed by atoms with Gasteiger partial charge in [0.15, 0.2) is 12.0 Å². The molecule has 0 fully saturated rings. The Morgan fingerprint density at radius 3 is 2.81 bits per heavy atom. The van der Waals surface area contributed by atoms with Gasteiger partial charge in [0, 0.05) is 29.1 Å². The molecule has 0 bridgehead atoms. The third-order valence-corrected chi connectivity index (χ3v) is 5.12. The lowest BCUT2D eigenvalue weighted by Crippen LogP contribution is -2.13. The number of pyridine rings is 1.